The Morgan fingerprint density at radius 1 is 1.03 bits per heavy atom. The number of ketones is 1. The van der Waals surface area contributed by atoms with E-state index in [1.54, 1.807) is 29.2 Å². The van der Waals surface area contributed by atoms with Gasteiger partial charge < -0.3 is 19.5 Å². The Morgan fingerprint density at radius 3 is 2.39 bits per heavy atom. The third-order valence-corrected chi connectivity index (χ3v) is 6.02. The van der Waals surface area contributed by atoms with Gasteiger partial charge >= 0.3 is 0 Å². The molecule has 0 bridgehead atoms. The number of amides is 1. The quantitative estimate of drug-likeness (QED) is 0.378. The lowest BCUT2D eigenvalue weighted by molar-refractivity contribution is -0.140. The van der Waals surface area contributed by atoms with Crippen LogP contribution in [0.1, 0.15) is 30.5 Å². The van der Waals surface area contributed by atoms with E-state index >= 15 is 0 Å². The summed E-state index contributed by atoms with van der Waals surface area (Å²) in [5, 5.41) is 11.2. The van der Waals surface area contributed by atoms with Crippen LogP contribution in [0.2, 0.25) is 0 Å². The number of benzene rings is 2. The van der Waals surface area contributed by atoms with Gasteiger partial charge in [0, 0.05) is 31.7 Å². The first-order chi connectivity index (χ1) is 16.1. The molecule has 0 aliphatic carbocycles. The topological polar surface area (TPSA) is 79.3 Å². The van der Waals surface area contributed by atoms with Crippen molar-refractivity contribution in [3.05, 3.63) is 71.3 Å². The Kier molecular flexibility index (Phi) is 7.42. The van der Waals surface area contributed by atoms with Crippen molar-refractivity contribution < 1.29 is 24.2 Å². The number of aliphatic hydroxyl groups is 1. The Balaban J connectivity index is 1.66. The van der Waals surface area contributed by atoms with Crippen LogP contribution in [0.15, 0.2) is 60.2 Å². The van der Waals surface area contributed by atoms with Crippen molar-refractivity contribution in [2.75, 3.05) is 46.0 Å². The maximum Gasteiger partial charge on any atom is 0.295 e. The molecule has 2 fully saturated rings. The van der Waals surface area contributed by atoms with E-state index in [-0.39, 0.29) is 11.3 Å². The molecular formula is C26H30N2O5. The lowest BCUT2D eigenvalue weighted by Crippen LogP contribution is -2.42. The van der Waals surface area contributed by atoms with Crippen LogP contribution in [-0.2, 0) is 14.3 Å². The number of aliphatic hydroxyl groups excluding tert-OH is 1. The second kappa shape index (κ2) is 10.6. The average Bonchev–Trinajstić information content (AvgIpc) is 3.12. The van der Waals surface area contributed by atoms with Gasteiger partial charge in [0.25, 0.3) is 11.7 Å². The van der Waals surface area contributed by atoms with Gasteiger partial charge in [0.15, 0.2) is 0 Å². The molecule has 0 spiro atoms. The van der Waals surface area contributed by atoms with Crippen LogP contribution in [0.25, 0.3) is 5.76 Å². The number of carbonyl (C=O) groups is 2. The number of hydrogen-bond acceptors (Lipinski definition) is 6. The van der Waals surface area contributed by atoms with Crippen molar-refractivity contribution in [3.8, 4) is 5.75 Å². The number of ether oxygens (including phenoxy) is 2. The maximum atomic E-state index is 13.1. The number of morpholine rings is 1. The standard InChI is InChI=1S/C26H30N2O5/c1-2-16-33-21-10-8-20(9-11-21)24(29)22-23(19-6-4-3-5-7-19)28(26(31)25(22)30)13-12-27-14-17-32-18-15-27/h3-11,23,29H,2,12-18H2,1H3. The highest BCUT2D eigenvalue weighted by Gasteiger charge is 2.45. The maximum absolute atomic E-state index is 13.1. The highest BCUT2D eigenvalue weighted by molar-refractivity contribution is 6.46. The van der Waals surface area contributed by atoms with Gasteiger partial charge in [-0.25, -0.2) is 0 Å². The summed E-state index contributed by atoms with van der Waals surface area (Å²) in [6.07, 6.45) is 0.896. The molecule has 0 aromatic heterocycles. The molecule has 2 aliphatic heterocycles. The Labute approximate surface area is 194 Å². The smallest absolute Gasteiger partial charge is 0.295 e. The minimum atomic E-state index is -0.658. The van der Waals surface area contributed by atoms with E-state index in [1.165, 1.54) is 0 Å². The Morgan fingerprint density at radius 2 is 1.73 bits per heavy atom. The van der Waals surface area contributed by atoms with Crippen LogP contribution in [-0.4, -0.2) is 72.6 Å². The van der Waals surface area contributed by atoms with Crippen LogP contribution in [0.3, 0.4) is 0 Å². The van der Waals surface area contributed by atoms with E-state index in [0.29, 0.717) is 44.2 Å². The summed E-state index contributed by atoms with van der Waals surface area (Å²) in [5.41, 5.74) is 1.39. The zero-order valence-corrected chi connectivity index (χ0v) is 18.9. The van der Waals surface area contributed by atoms with Crippen molar-refractivity contribution in [2.45, 2.75) is 19.4 Å². The molecule has 2 aromatic rings. The molecule has 1 amide bonds. The molecule has 0 radical (unpaired) electrons. The van der Waals surface area contributed by atoms with Gasteiger partial charge in [-0.3, -0.25) is 14.5 Å². The number of likely N-dealkylation sites (tertiary alicyclic amines) is 1. The summed E-state index contributed by atoms with van der Waals surface area (Å²) in [6, 6.07) is 15.7. The number of nitrogens with zero attached hydrogens (tertiary/aromatic N) is 2. The highest BCUT2D eigenvalue weighted by Crippen LogP contribution is 2.39. The molecule has 2 aromatic carbocycles. The molecule has 1 atom stereocenters. The molecule has 4 rings (SSSR count). The number of Topliss-reactive ketones (excluding diaryl/α,β-unsaturated/α-hetero) is 1. The summed E-state index contributed by atoms with van der Waals surface area (Å²) in [4.78, 5) is 30.0. The predicted octanol–water partition coefficient (Wildman–Crippen LogP) is 3.23. The van der Waals surface area contributed by atoms with E-state index in [1.807, 2.05) is 37.3 Å². The fourth-order valence-electron chi connectivity index (χ4n) is 4.25. The predicted molar refractivity (Wildman–Crippen MR) is 125 cm³/mol. The van der Waals surface area contributed by atoms with Gasteiger partial charge in [0.2, 0.25) is 0 Å². The van der Waals surface area contributed by atoms with Crippen LogP contribution >= 0.6 is 0 Å². The van der Waals surface area contributed by atoms with E-state index in [9.17, 15) is 14.7 Å². The monoisotopic (exact) mass is 450 g/mol. The van der Waals surface area contributed by atoms with Crippen molar-refractivity contribution in [2.24, 2.45) is 0 Å². The minimum Gasteiger partial charge on any atom is -0.507 e. The largest absolute Gasteiger partial charge is 0.507 e. The van der Waals surface area contributed by atoms with Crippen LogP contribution in [0.4, 0.5) is 0 Å². The van der Waals surface area contributed by atoms with Crippen LogP contribution in [0.5, 0.6) is 5.75 Å². The number of hydrogen-bond donors (Lipinski definition) is 1. The summed E-state index contributed by atoms with van der Waals surface area (Å²) in [6.45, 7) is 6.60. The third kappa shape index (κ3) is 5.10. The molecule has 1 unspecified atom stereocenters. The van der Waals surface area contributed by atoms with Crippen LogP contribution < -0.4 is 4.74 Å². The molecule has 7 nitrogen and oxygen atoms in total. The second-order valence-electron chi connectivity index (χ2n) is 8.23. The van der Waals surface area contributed by atoms with Crippen LogP contribution in [0, 0.1) is 0 Å². The number of rotatable bonds is 8. The molecule has 2 heterocycles. The van der Waals surface area contributed by atoms with Gasteiger partial charge in [-0.2, -0.15) is 0 Å². The third-order valence-electron chi connectivity index (χ3n) is 6.02. The van der Waals surface area contributed by atoms with E-state index in [4.69, 9.17) is 9.47 Å². The molecule has 2 saturated heterocycles. The second-order valence-corrected chi connectivity index (χ2v) is 8.23. The Hall–Kier alpha value is -3.16. The fraction of sp³-hybridized carbons (Fsp3) is 0.385. The molecule has 33 heavy (non-hydrogen) atoms. The SMILES string of the molecule is CCCOc1ccc(C(O)=C2C(=O)C(=O)N(CCN3CCOCC3)C2c2ccccc2)cc1. The zero-order valence-electron chi connectivity index (χ0n) is 18.9. The van der Waals surface area contributed by atoms with Gasteiger partial charge in [0.1, 0.15) is 11.5 Å². The molecular weight excluding hydrogens is 420 g/mol. The van der Waals surface area contributed by atoms with E-state index < -0.39 is 17.7 Å². The van der Waals surface area contributed by atoms with Crippen molar-refractivity contribution in [1.82, 2.24) is 9.80 Å². The first-order valence-corrected chi connectivity index (χ1v) is 11.5. The average molecular weight is 451 g/mol. The molecule has 7 heteroatoms. The molecule has 174 valence electrons. The van der Waals surface area contributed by atoms with E-state index in [2.05, 4.69) is 4.90 Å². The first kappa shape index (κ1) is 23.0. The summed E-state index contributed by atoms with van der Waals surface area (Å²) < 4.78 is 11.0. The van der Waals surface area contributed by atoms with Crippen molar-refractivity contribution in [3.63, 3.8) is 0 Å². The summed E-state index contributed by atoms with van der Waals surface area (Å²) >= 11 is 0. The Bertz CT molecular complexity index is 997. The molecule has 2 aliphatic rings. The lowest BCUT2D eigenvalue weighted by Gasteiger charge is -2.31. The zero-order chi connectivity index (χ0) is 23.2. The normalized spacial score (nSPS) is 20.9. The van der Waals surface area contributed by atoms with Crippen molar-refractivity contribution >= 4 is 17.4 Å². The highest BCUT2D eigenvalue weighted by atomic mass is 16.5. The molecule has 1 N–H and O–H groups in total. The van der Waals surface area contributed by atoms with Gasteiger partial charge in [0.05, 0.1) is 31.4 Å². The van der Waals surface area contributed by atoms with Crippen molar-refractivity contribution in [1.29, 1.82) is 0 Å². The van der Waals surface area contributed by atoms with Gasteiger partial charge in [-0.1, -0.05) is 37.3 Å². The summed E-state index contributed by atoms with van der Waals surface area (Å²) in [7, 11) is 0. The minimum absolute atomic E-state index is 0.121. The van der Waals surface area contributed by atoms with E-state index in [0.717, 1.165) is 25.1 Å². The lowest BCUT2D eigenvalue weighted by atomic mass is 9.95. The van der Waals surface area contributed by atoms with Gasteiger partial charge in [-0.15, -0.1) is 0 Å². The van der Waals surface area contributed by atoms with Gasteiger partial charge in [-0.05, 0) is 36.2 Å². The molecule has 0 saturated carbocycles. The summed E-state index contributed by atoms with van der Waals surface area (Å²) in [5.74, 6) is -0.715. The first-order valence-electron chi connectivity index (χ1n) is 11.5. The number of carbonyl (C=O) groups excluding carboxylic acids is 2. The fourth-order valence-corrected chi connectivity index (χ4v) is 4.25.